The summed E-state index contributed by atoms with van der Waals surface area (Å²) < 4.78 is 53.6. The van der Waals surface area contributed by atoms with Crippen molar-refractivity contribution in [3.8, 4) is 0 Å². The first-order chi connectivity index (χ1) is 10.6. The summed E-state index contributed by atoms with van der Waals surface area (Å²) in [5.41, 5.74) is -0.556. The number of hydrogen-bond donors (Lipinski definition) is 1. The van der Waals surface area contributed by atoms with Gasteiger partial charge in [0.15, 0.2) is 0 Å². The van der Waals surface area contributed by atoms with Crippen LogP contribution in [-0.4, -0.2) is 39.8 Å². The molecular weight excluding hydrogens is 336 g/mol. The van der Waals surface area contributed by atoms with Gasteiger partial charge in [-0.15, -0.1) is 0 Å². The summed E-state index contributed by atoms with van der Waals surface area (Å²) in [6.07, 6.45) is 2.37. The molecule has 0 spiro atoms. The van der Waals surface area contributed by atoms with Crippen molar-refractivity contribution in [2.24, 2.45) is 0 Å². The number of nitrogens with zero attached hydrogens (tertiary/aromatic N) is 1. The zero-order chi connectivity index (χ0) is 17.3. The highest BCUT2D eigenvalue weighted by Gasteiger charge is 2.28. The third-order valence-electron chi connectivity index (χ3n) is 4.13. The van der Waals surface area contributed by atoms with E-state index in [9.17, 15) is 16.8 Å². The molecule has 0 atom stereocenters. The van der Waals surface area contributed by atoms with Crippen molar-refractivity contribution >= 4 is 20.0 Å². The number of rotatable bonds is 6. The fourth-order valence-corrected chi connectivity index (χ4v) is 5.36. The van der Waals surface area contributed by atoms with E-state index in [4.69, 9.17) is 0 Å². The molecule has 0 aromatic heterocycles. The molecule has 1 aliphatic rings. The van der Waals surface area contributed by atoms with Crippen molar-refractivity contribution in [3.63, 3.8) is 0 Å². The third-order valence-corrected chi connectivity index (χ3v) is 7.76. The Balaban J connectivity index is 2.26. The van der Waals surface area contributed by atoms with E-state index in [2.05, 4.69) is 4.72 Å². The van der Waals surface area contributed by atoms with E-state index in [-0.39, 0.29) is 9.79 Å². The summed E-state index contributed by atoms with van der Waals surface area (Å²) in [5.74, 6) is 0. The molecule has 1 aliphatic heterocycles. The zero-order valence-electron chi connectivity index (χ0n) is 13.7. The first-order valence-corrected chi connectivity index (χ1v) is 10.6. The van der Waals surface area contributed by atoms with Gasteiger partial charge < -0.3 is 0 Å². The lowest BCUT2D eigenvalue weighted by Crippen LogP contribution is -2.42. The monoisotopic (exact) mass is 360 g/mol. The molecule has 0 amide bonds. The Kier molecular flexibility index (Phi) is 5.20. The van der Waals surface area contributed by atoms with Gasteiger partial charge >= 0.3 is 0 Å². The van der Waals surface area contributed by atoms with Gasteiger partial charge in [-0.2, -0.15) is 4.31 Å². The SMILES string of the molecule is CCC(C)(C)NS(=O)(=O)c1ccc(S(=O)(=O)N2CCCC2)cc1. The summed E-state index contributed by atoms with van der Waals surface area (Å²) in [7, 11) is -7.19. The van der Waals surface area contributed by atoms with E-state index in [1.165, 1.54) is 28.6 Å². The highest BCUT2D eigenvalue weighted by atomic mass is 32.2. The van der Waals surface area contributed by atoms with Crippen molar-refractivity contribution in [1.29, 1.82) is 0 Å². The van der Waals surface area contributed by atoms with E-state index >= 15 is 0 Å². The molecule has 1 fully saturated rings. The summed E-state index contributed by atoms with van der Waals surface area (Å²) in [5, 5.41) is 0. The molecule has 0 radical (unpaired) electrons. The summed E-state index contributed by atoms with van der Waals surface area (Å²) in [6, 6.07) is 5.41. The number of nitrogens with one attached hydrogen (secondary N) is 1. The highest BCUT2D eigenvalue weighted by molar-refractivity contribution is 7.89. The van der Waals surface area contributed by atoms with Crippen LogP contribution in [0.4, 0.5) is 0 Å². The van der Waals surface area contributed by atoms with Gasteiger partial charge in [0.25, 0.3) is 0 Å². The number of hydrogen-bond acceptors (Lipinski definition) is 4. The first-order valence-electron chi connectivity index (χ1n) is 7.73. The van der Waals surface area contributed by atoms with Crippen LogP contribution in [0.2, 0.25) is 0 Å². The van der Waals surface area contributed by atoms with Gasteiger partial charge in [0.1, 0.15) is 0 Å². The van der Waals surface area contributed by atoms with Gasteiger partial charge in [-0.25, -0.2) is 21.6 Å². The lowest BCUT2D eigenvalue weighted by molar-refractivity contribution is 0.439. The van der Waals surface area contributed by atoms with Crippen molar-refractivity contribution in [3.05, 3.63) is 24.3 Å². The van der Waals surface area contributed by atoms with Crippen LogP contribution in [0.3, 0.4) is 0 Å². The minimum absolute atomic E-state index is 0.0689. The van der Waals surface area contributed by atoms with Gasteiger partial charge in [-0.1, -0.05) is 6.92 Å². The molecule has 1 aromatic carbocycles. The van der Waals surface area contributed by atoms with Crippen LogP contribution in [-0.2, 0) is 20.0 Å². The van der Waals surface area contributed by atoms with Crippen molar-refractivity contribution in [1.82, 2.24) is 9.03 Å². The Hall–Kier alpha value is -0.960. The van der Waals surface area contributed by atoms with Gasteiger partial charge in [0, 0.05) is 18.6 Å². The zero-order valence-corrected chi connectivity index (χ0v) is 15.4. The average Bonchev–Trinajstić information content (AvgIpc) is 3.01. The molecule has 130 valence electrons. The maximum absolute atomic E-state index is 12.4. The summed E-state index contributed by atoms with van der Waals surface area (Å²) in [6.45, 7) is 6.55. The minimum Gasteiger partial charge on any atom is -0.207 e. The van der Waals surface area contributed by atoms with E-state index in [0.29, 0.717) is 19.5 Å². The number of benzene rings is 1. The number of sulfonamides is 2. The fraction of sp³-hybridized carbons (Fsp3) is 0.600. The second kappa shape index (κ2) is 6.51. The lowest BCUT2D eigenvalue weighted by atomic mass is 10.0. The predicted octanol–water partition coefficient (Wildman–Crippen LogP) is 1.94. The molecule has 0 aliphatic carbocycles. The van der Waals surface area contributed by atoms with Crippen LogP contribution in [0.5, 0.6) is 0 Å². The van der Waals surface area contributed by atoms with E-state index in [0.717, 1.165) is 12.8 Å². The van der Waals surface area contributed by atoms with Crippen LogP contribution < -0.4 is 4.72 Å². The Bertz CT molecular complexity index is 747. The summed E-state index contributed by atoms with van der Waals surface area (Å²) >= 11 is 0. The van der Waals surface area contributed by atoms with Crippen LogP contribution in [0.15, 0.2) is 34.1 Å². The largest absolute Gasteiger partial charge is 0.243 e. The molecule has 6 nitrogen and oxygen atoms in total. The maximum atomic E-state index is 12.4. The maximum Gasteiger partial charge on any atom is 0.243 e. The second-order valence-corrected chi connectivity index (χ2v) is 10.0. The van der Waals surface area contributed by atoms with Gasteiger partial charge in [0.05, 0.1) is 9.79 Å². The Morgan fingerprint density at radius 2 is 1.48 bits per heavy atom. The molecule has 23 heavy (non-hydrogen) atoms. The highest BCUT2D eigenvalue weighted by Crippen LogP contribution is 2.23. The fourth-order valence-electron chi connectivity index (χ4n) is 2.36. The molecule has 0 unspecified atom stereocenters. The summed E-state index contributed by atoms with van der Waals surface area (Å²) in [4.78, 5) is 0.201. The second-order valence-electron chi connectivity index (χ2n) is 6.43. The molecule has 1 saturated heterocycles. The average molecular weight is 361 g/mol. The van der Waals surface area contributed by atoms with Crippen molar-refractivity contribution in [2.75, 3.05) is 13.1 Å². The van der Waals surface area contributed by atoms with E-state index in [1.807, 2.05) is 6.92 Å². The van der Waals surface area contributed by atoms with Crippen molar-refractivity contribution < 1.29 is 16.8 Å². The molecular formula is C15H24N2O4S2. The van der Waals surface area contributed by atoms with Gasteiger partial charge in [-0.3, -0.25) is 0 Å². The van der Waals surface area contributed by atoms with Crippen LogP contribution >= 0.6 is 0 Å². The Morgan fingerprint density at radius 1 is 1.00 bits per heavy atom. The van der Waals surface area contributed by atoms with Crippen LogP contribution in [0.25, 0.3) is 0 Å². The molecule has 0 saturated carbocycles. The molecule has 2 rings (SSSR count). The topological polar surface area (TPSA) is 83.5 Å². The van der Waals surface area contributed by atoms with Gasteiger partial charge in [-0.05, 0) is 57.4 Å². The minimum atomic E-state index is -3.67. The van der Waals surface area contributed by atoms with Crippen molar-refractivity contribution in [2.45, 2.75) is 55.4 Å². The van der Waals surface area contributed by atoms with Crippen LogP contribution in [0, 0.1) is 0 Å². The molecule has 0 bridgehead atoms. The lowest BCUT2D eigenvalue weighted by Gasteiger charge is -2.24. The Morgan fingerprint density at radius 3 is 1.96 bits per heavy atom. The standard InChI is InChI=1S/C15H24N2O4S2/c1-4-15(2,3)16-22(18,19)13-7-9-14(10-8-13)23(20,21)17-11-5-6-12-17/h7-10,16H,4-6,11-12H2,1-3H3. The molecule has 1 heterocycles. The quantitative estimate of drug-likeness (QED) is 0.840. The molecule has 8 heteroatoms. The predicted molar refractivity (Wildman–Crippen MR) is 89.1 cm³/mol. The van der Waals surface area contributed by atoms with Gasteiger partial charge in [0.2, 0.25) is 20.0 Å². The third kappa shape index (κ3) is 4.12. The molecule has 1 N–H and O–H groups in total. The molecule has 1 aromatic rings. The van der Waals surface area contributed by atoms with Crippen LogP contribution in [0.1, 0.15) is 40.0 Å². The first kappa shape index (κ1) is 18.4. The Labute approximate surface area is 139 Å². The normalized spacial score (nSPS) is 17.5. The smallest absolute Gasteiger partial charge is 0.207 e. The van der Waals surface area contributed by atoms with E-state index < -0.39 is 25.6 Å². The van der Waals surface area contributed by atoms with E-state index in [1.54, 1.807) is 13.8 Å².